The summed E-state index contributed by atoms with van der Waals surface area (Å²) in [5.74, 6) is 0.962. The van der Waals surface area contributed by atoms with Gasteiger partial charge in [0, 0.05) is 16.8 Å². The summed E-state index contributed by atoms with van der Waals surface area (Å²) in [7, 11) is 0. The highest BCUT2D eigenvalue weighted by Gasteiger charge is 2.04. The summed E-state index contributed by atoms with van der Waals surface area (Å²) in [4.78, 5) is 6.01. The van der Waals surface area contributed by atoms with Crippen molar-refractivity contribution in [3.63, 3.8) is 0 Å². The predicted molar refractivity (Wildman–Crippen MR) is 84.9 cm³/mol. The molecule has 1 N–H and O–H groups in total. The minimum atomic E-state index is 0.888. The van der Waals surface area contributed by atoms with Crippen LogP contribution in [0, 0.1) is 6.92 Å². The summed E-state index contributed by atoms with van der Waals surface area (Å²) in [6.07, 6.45) is 1.17. The molecule has 0 radical (unpaired) electrons. The molecule has 2 rings (SSSR count). The first-order valence-corrected chi connectivity index (χ1v) is 8.48. The van der Waals surface area contributed by atoms with E-state index >= 15 is 0 Å². The minimum absolute atomic E-state index is 0.888. The third kappa shape index (κ3) is 4.64. The maximum atomic E-state index is 4.66. The van der Waals surface area contributed by atoms with E-state index in [2.05, 4.69) is 53.8 Å². The Morgan fingerprint density at radius 2 is 2.16 bits per heavy atom. The maximum Gasteiger partial charge on any atom is 0.103 e. The van der Waals surface area contributed by atoms with Crippen LogP contribution in [0.3, 0.4) is 0 Å². The van der Waals surface area contributed by atoms with Gasteiger partial charge in [-0.2, -0.15) is 0 Å². The Balaban J connectivity index is 1.85. The van der Waals surface area contributed by atoms with Crippen LogP contribution in [-0.2, 0) is 12.3 Å². The average Bonchev–Trinajstić information content (AvgIpc) is 2.86. The summed E-state index contributed by atoms with van der Waals surface area (Å²) in [5, 5.41) is 6.76. The number of benzene rings is 1. The van der Waals surface area contributed by atoms with Crippen molar-refractivity contribution >= 4 is 23.1 Å². The van der Waals surface area contributed by atoms with Gasteiger partial charge in [0.25, 0.3) is 0 Å². The lowest BCUT2D eigenvalue weighted by molar-refractivity contribution is 0.666. The van der Waals surface area contributed by atoms with E-state index in [1.165, 1.54) is 27.6 Å². The van der Waals surface area contributed by atoms with Crippen molar-refractivity contribution in [3.8, 4) is 0 Å². The van der Waals surface area contributed by atoms with Gasteiger partial charge in [-0.3, -0.25) is 0 Å². The fraction of sp³-hybridized carbons (Fsp3) is 0.400. The van der Waals surface area contributed by atoms with E-state index in [0.717, 1.165) is 18.8 Å². The third-order valence-corrected chi connectivity index (χ3v) is 5.04. The van der Waals surface area contributed by atoms with Crippen molar-refractivity contribution in [2.75, 3.05) is 6.54 Å². The Morgan fingerprint density at radius 1 is 1.32 bits per heavy atom. The smallest absolute Gasteiger partial charge is 0.103 e. The molecule has 0 amide bonds. The number of thioether (sulfide) groups is 1. The van der Waals surface area contributed by atoms with Crippen molar-refractivity contribution in [1.29, 1.82) is 0 Å². The van der Waals surface area contributed by atoms with E-state index in [1.807, 2.05) is 11.8 Å². The number of rotatable bonds is 7. The van der Waals surface area contributed by atoms with Crippen molar-refractivity contribution in [1.82, 2.24) is 10.3 Å². The van der Waals surface area contributed by atoms with Gasteiger partial charge in [0.1, 0.15) is 5.01 Å². The normalized spacial score (nSPS) is 10.8. The molecule has 0 bridgehead atoms. The molecular weight excluding hydrogens is 272 g/mol. The molecule has 0 atom stereocenters. The standard InChI is InChI=1S/C15H20N2S2/c1-3-8-16-9-13-10-19-15(17-13)11-18-14-7-5-4-6-12(14)2/h4-7,10,16H,3,8-9,11H2,1-2H3. The molecule has 1 aromatic carbocycles. The molecule has 1 aromatic heterocycles. The fourth-order valence-electron chi connectivity index (χ4n) is 1.75. The van der Waals surface area contributed by atoms with Crippen molar-refractivity contribution in [2.45, 2.75) is 37.5 Å². The number of aromatic nitrogens is 1. The van der Waals surface area contributed by atoms with Crippen LogP contribution in [0.25, 0.3) is 0 Å². The topological polar surface area (TPSA) is 24.9 Å². The lowest BCUT2D eigenvalue weighted by atomic mass is 10.2. The summed E-state index contributed by atoms with van der Waals surface area (Å²) in [6.45, 7) is 6.28. The molecule has 19 heavy (non-hydrogen) atoms. The number of thiazole rings is 1. The van der Waals surface area contributed by atoms with Gasteiger partial charge >= 0.3 is 0 Å². The van der Waals surface area contributed by atoms with E-state index < -0.39 is 0 Å². The second-order valence-electron chi connectivity index (χ2n) is 4.46. The van der Waals surface area contributed by atoms with Crippen LogP contribution < -0.4 is 5.32 Å². The zero-order valence-electron chi connectivity index (χ0n) is 11.5. The van der Waals surface area contributed by atoms with Crippen molar-refractivity contribution in [3.05, 3.63) is 45.9 Å². The number of aryl methyl sites for hydroxylation is 1. The van der Waals surface area contributed by atoms with Gasteiger partial charge in [-0.15, -0.1) is 23.1 Å². The minimum Gasteiger partial charge on any atom is -0.311 e. The molecule has 1 heterocycles. The Morgan fingerprint density at radius 3 is 2.95 bits per heavy atom. The SMILES string of the molecule is CCCNCc1csc(CSc2ccccc2C)n1. The summed E-state index contributed by atoms with van der Waals surface area (Å²) >= 11 is 3.63. The molecule has 2 nitrogen and oxygen atoms in total. The largest absolute Gasteiger partial charge is 0.311 e. The summed E-state index contributed by atoms with van der Waals surface area (Å²) in [6, 6.07) is 8.51. The lowest BCUT2D eigenvalue weighted by Gasteiger charge is -2.03. The van der Waals surface area contributed by atoms with Crippen LogP contribution in [-0.4, -0.2) is 11.5 Å². The van der Waals surface area contributed by atoms with Gasteiger partial charge in [0.15, 0.2) is 0 Å². The average molecular weight is 292 g/mol. The number of nitrogens with zero attached hydrogens (tertiary/aromatic N) is 1. The molecule has 0 spiro atoms. The third-order valence-electron chi connectivity index (χ3n) is 2.78. The molecule has 0 aliphatic rings. The monoisotopic (exact) mass is 292 g/mol. The highest BCUT2D eigenvalue weighted by molar-refractivity contribution is 7.98. The van der Waals surface area contributed by atoms with E-state index in [-0.39, 0.29) is 0 Å². The van der Waals surface area contributed by atoms with E-state index in [1.54, 1.807) is 11.3 Å². The summed E-state index contributed by atoms with van der Waals surface area (Å²) in [5.41, 5.74) is 2.51. The van der Waals surface area contributed by atoms with E-state index in [0.29, 0.717) is 0 Å². The molecule has 0 unspecified atom stereocenters. The van der Waals surface area contributed by atoms with Gasteiger partial charge in [-0.05, 0) is 31.5 Å². The lowest BCUT2D eigenvalue weighted by Crippen LogP contribution is -2.13. The van der Waals surface area contributed by atoms with Gasteiger partial charge < -0.3 is 5.32 Å². The first-order valence-electron chi connectivity index (χ1n) is 6.62. The maximum absolute atomic E-state index is 4.66. The van der Waals surface area contributed by atoms with Crippen LogP contribution in [0.2, 0.25) is 0 Å². The quantitative estimate of drug-likeness (QED) is 0.610. The van der Waals surface area contributed by atoms with Crippen LogP contribution in [0.5, 0.6) is 0 Å². The summed E-state index contributed by atoms with van der Waals surface area (Å²) < 4.78 is 0. The first-order chi connectivity index (χ1) is 9.29. The van der Waals surface area contributed by atoms with E-state index in [9.17, 15) is 0 Å². The van der Waals surface area contributed by atoms with Gasteiger partial charge in [0.2, 0.25) is 0 Å². The molecule has 0 fully saturated rings. The van der Waals surface area contributed by atoms with Crippen molar-refractivity contribution in [2.24, 2.45) is 0 Å². The Hall–Kier alpha value is -0.840. The number of nitrogens with one attached hydrogen (secondary N) is 1. The number of hydrogen-bond donors (Lipinski definition) is 1. The van der Waals surface area contributed by atoms with Gasteiger partial charge in [-0.25, -0.2) is 4.98 Å². The zero-order valence-corrected chi connectivity index (χ0v) is 13.1. The second-order valence-corrected chi connectivity index (χ2v) is 6.42. The molecule has 0 aliphatic carbocycles. The highest BCUT2D eigenvalue weighted by atomic mass is 32.2. The van der Waals surface area contributed by atoms with Crippen LogP contribution in [0.1, 0.15) is 29.6 Å². The molecule has 0 saturated heterocycles. The van der Waals surface area contributed by atoms with Gasteiger partial charge in [0.05, 0.1) is 11.4 Å². The molecular formula is C15H20N2S2. The van der Waals surface area contributed by atoms with Crippen molar-refractivity contribution < 1.29 is 0 Å². The van der Waals surface area contributed by atoms with Crippen LogP contribution in [0.4, 0.5) is 0 Å². The Kier molecular flexibility index (Phi) is 5.89. The molecule has 2 aromatic rings. The van der Waals surface area contributed by atoms with Crippen LogP contribution >= 0.6 is 23.1 Å². The predicted octanol–water partition coefficient (Wildman–Crippen LogP) is 4.24. The molecule has 0 aliphatic heterocycles. The molecule has 4 heteroatoms. The number of hydrogen-bond acceptors (Lipinski definition) is 4. The van der Waals surface area contributed by atoms with Crippen LogP contribution in [0.15, 0.2) is 34.5 Å². The highest BCUT2D eigenvalue weighted by Crippen LogP contribution is 2.26. The second kappa shape index (κ2) is 7.68. The fourth-order valence-corrected chi connectivity index (χ4v) is 3.59. The zero-order chi connectivity index (χ0) is 13.5. The molecule has 0 saturated carbocycles. The van der Waals surface area contributed by atoms with E-state index in [4.69, 9.17) is 0 Å². The van der Waals surface area contributed by atoms with Gasteiger partial charge in [-0.1, -0.05) is 25.1 Å². The Bertz CT molecular complexity index is 508. The Labute approximate surface area is 123 Å². The first kappa shape index (κ1) is 14.6. The molecule has 102 valence electrons.